The van der Waals surface area contributed by atoms with Crippen LogP contribution in [0.3, 0.4) is 0 Å². The van der Waals surface area contributed by atoms with E-state index in [9.17, 15) is 9.59 Å². The van der Waals surface area contributed by atoms with Gasteiger partial charge in [0.25, 0.3) is 0 Å². The number of anilines is 1. The van der Waals surface area contributed by atoms with E-state index in [4.69, 9.17) is 16.3 Å². The number of hydrogen-bond acceptors (Lipinski definition) is 3. The zero-order valence-corrected chi connectivity index (χ0v) is 10.4. The van der Waals surface area contributed by atoms with Gasteiger partial charge in [-0.05, 0) is 18.6 Å². The lowest BCUT2D eigenvalue weighted by Gasteiger charge is -2.19. The van der Waals surface area contributed by atoms with Crippen LogP contribution in [0.25, 0.3) is 0 Å². The minimum absolute atomic E-state index is 0.0369. The average molecular weight is 254 g/mol. The molecular formula is C12H12ClNO3. The normalized spacial score (nSPS) is 15.6. The Morgan fingerprint density at radius 2 is 2.06 bits per heavy atom. The molecule has 90 valence electrons. The fourth-order valence-corrected chi connectivity index (χ4v) is 1.98. The van der Waals surface area contributed by atoms with Crippen molar-refractivity contribution in [2.45, 2.75) is 13.3 Å². The number of ether oxygens (including phenoxy) is 1. The van der Waals surface area contributed by atoms with Gasteiger partial charge in [-0.2, -0.15) is 0 Å². The van der Waals surface area contributed by atoms with E-state index >= 15 is 0 Å². The van der Waals surface area contributed by atoms with Gasteiger partial charge in [-0.25, -0.2) is 0 Å². The highest BCUT2D eigenvalue weighted by atomic mass is 35.5. The molecule has 1 fully saturated rings. The first kappa shape index (κ1) is 11.9. The Balaban J connectivity index is 2.47. The highest BCUT2D eigenvalue weighted by Crippen LogP contribution is 2.35. The fourth-order valence-electron chi connectivity index (χ4n) is 1.83. The number of rotatable bonds is 2. The van der Waals surface area contributed by atoms with E-state index in [0.29, 0.717) is 16.5 Å². The number of amides is 1. The topological polar surface area (TPSA) is 46.6 Å². The SMILES string of the molecule is COc1cc(Cl)c(C)cc1N1CC(=O)CC1=O. The van der Waals surface area contributed by atoms with Crippen molar-refractivity contribution in [3.63, 3.8) is 0 Å². The molecule has 0 radical (unpaired) electrons. The largest absolute Gasteiger partial charge is 0.495 e. The Morgan fingerprint density at radius 1 is 1.35 bits per heavy atom. The molecule has 0 aliphatic carbocycles. The maximum absolute atomic E-state index is 11.7. The van der Waals surface area contributed by atoms with Gasteiger partial charge in [0.2, 0.25) is 5.91 Å². The smallest absolute Gasteiger partial charge is 0.235 e. The van der Waals surface area contributed by atoms with Crippen LogP contribution in [0.5, 0.6) is 5.75 Å². The van der Waals surface area contributed by atoms with Crippen LogP contribution < -0.4 is 9.64 Å². The molecule has 1 amide bonds. The number of benzene rings is 1. The van der Waals surface area contributed by atoms with Crippen molar-refractivity contribution in [1.29, 1.82) is 0 Å². The predicted molar refractivity (Wildman–Crippen MR) is 64.7 cm³/mol. The molecule has 2 rings (SSSR count). The molecule has 0 atom stereocenters. The van der Waals surface area contributed by atoms with Gasteiger partial charge in [0.05, 0.1) is 25.8 Å². The molecule has 1 aromatic rings. The number of ketones is 1. The molecule has 5 heteroatoms. The third-order valence-electron chi connectivity index (χ3n) is 2.73. The number of aryl methyl sites for hydroxylation is 1. The summed E-state index contributed by atoms with van der Waals surface area (Å²) in [7, 11) is 1.51. The second kappa shape index (κ2) is 4.37. The molecule has 0 bridgehead atoms. The van der Waals surface area contributed by atoms with Crippen molar-refractivity contribution in [3.05, 3.63) is 22.7 Å². The monoisotopic (exact) mass is 253 g/mol. The van der Waals surface area contributed by atoms with E-state index in [0.717, 1.165) is 5.56 Å². The van der Waals surface area contributed by atoms with Crippen molar-refractivity contribution >= 4 is 29.0 Å². The van der Waals surface area contributed by atoms with Gasteiger partial charge in [-0.3, -0.25) is 9.59 Å². The number of Topliss-reactive ketones (excluding diaryl/α,β-unsaturated/α-hetero) is 1. The minimum atomic E-state index is -0.199. The predicted octanol–water partition coefficient (Wildman–Crippen LogP) is 1.96. The molecule has 0 unspecified atom stereocenters. The summed E-state index contributed by atoms with van der Waals surface area (Å²) >= 11 is 5.99. The van der Waals surface area contributed by atoms with Crippen molar-refractivity contribution in [2.75, 3.05) is 18.6 Å². The van der Waals surface area contributed by atoms with Crippen molar-refractivity contribution in [2.24, 2.45) is 0 Å². The summed E-state index contributed by atoms with van der Waals surface area (Å²) in [6.07, 6.45) is -0.0369. The van der Waals surface area contributed by atoms with Crippen LogP contribution in [0.1, 0.15) is 12.0 Å². The standard InChI is InChI=1S/C12H12ClNO3/c1-7-3-10(11(17-2)5-9(7)13)14-6-8(15)4-12(14)16/h3,5H,4,6H2,1-2H3. The van der Waals surface area contributed by atoms with Gasteiger partial charge in [0.1, 0.15) is 5.75 Å². The van der Waals surface area contributed by atoms with E-state index < -0.39 is 0 Å². The highest BCUT2D eigenvalue weighted by molar-refractivity contribution is 6.31. The Kier molecular flexibility index (Phi) is 3.07. The van der Waals surface area contributed by atoms with Gasteiger partial charge >= 0.3 is 0 Å². The Morgan fingerprint density at radius 3 is 2.59 bits per heavy atom. The van der Waals surface area contributed by atoms with Crippen LogP contribution >= 0.6 is 11.6 Å². The number of carbonyl (C=O) groups excluding carboxylic acids is 2. The molecule has 0 spiro atoms. The lowest BCUT2D eigenvalue weighted by molar-refractivity contribution is -0.121. The summed E-state index contributed by atoms with van der Waals surface area (Å²) < 4.78 is 5.19. The quantitative estimate of drug-likeness (QED) is 0.757. The average Bonchev–Trinajstić information content (AvgIpc) is 2.61. The first-order valence-corrected chi connectivity index (χ1v) is 5.57. The fraction of sp³-hybridized carbons (Fsp3) is 0.333. The van der Waals surface area contributed by atoms with Crippen molar-refractivity contribution in [3.8, 4) is 5.75 Å². The first-order valence-electron chi connectivity index (χ1n) is 5.19. The van der Waals surface area contributed by atoms with Crippen LogP contribution in [0, 0.1) is 6.92 Å². The van der Waals surface area contributed by atoms with E-state index in [1.807, 2.05) is 6.92 Å². The maximum Gasteiger partial charge on any atom is 0.235 e. The number of nitrogens with zero attached hydrogens (tertiary/aromatic N) is 1. The van der Waals surface area contributed by atoms with Gasteiger partial charge < -0.3 is 9.64 Å². The Labute approximate surface area is 104 Å². The van der Waals surface area contributed by atoms with Crippen LogP contribution in [0.4, 0.5) is 5.69 Å². The number of carbonyl (C=O) groups is 2. The summed E-state index contributed by atoms with van der Waals surface area (Å²) in [5.74, 6) is 0.225. The van der Waals surface area contributed by atoms with Gasteiger partial charge in [-0.15, -0.1) is 0 Å². The molecule has 0 aromatic heterocycles. The summed E-state index contributed by atoms with van der Waals surface area (Å²) in [6, 6.07) is 3.42. The molecule has 1 aliphatic heterocycles. The molecule has 1 aliphatic rings. The molecular weight excluding hydrogens is 242 g/mol. The lowest BCUT2D eigenvalue weighted by atomic mass is 10.2. The summed E-state index contributed by atoms with van der Waals surface area (Å²) in [4.78, 5) is 24.4. The van der Waals surface area contributed by atoms with E-state index in [2.05, 4.69) is 0 Å². The molecule has 4 nitrogen and oxygen atoms in total. The summed E-state index contributed by atoms with van der Waals surface area (Å²) in [5, 5.41) is 0.573. The lowest BCUT2D eigenvalue weighted by Crippen LogP contribution is -2.25. The van der Waals surface area contributed by atoms with Crippen LogP contribution in [-0.2, 0) is 9.59 Å². The van der Waals surface area contributed by atoms with Crippen molar-refractivity contribution in [1.82, 2.24) is 0 Å². The zero-order valence-electron chi connectivity index (χ0n) is 9.62. The number of methoxy groups -OCH3 is 1. The van der Waals surface area contributed by atoms with Crippen LogP contribution in [0.15, 0.2) is 12.1 Å². The molecule has 1 heterocycles. The molecule has 0 N–H and O–H groups in total. The molecule has 0 saturated carbocycles. The van der Waals surface area contributed by atoms with E-state index in [1.54, 1.807) is 12.1 Å². The maximum atomic E-state index is 11.7. The Bertz CT molecular complexity index is 499. The van der Waals surface area contributed by atoms with Gasteiger partial charge in [0.15, 0.2) is 5.78 Å². The third kappa shape index (κ3) is 2.13. The molecule has 1 saturated heterocycles. The highest BCUT2D eigenvalue weighted by Gasteiger charge is 2.30. The Hall–Kier alpha value is -1.55. The van der Waals surface area contributed by atoms with Crippen LogP contribution in [-0.4, -0.2) is 25.3 Å². The summed E-state index contributed by atoms with van der Waals surface area (Å²) in [6.45, 7) is 1.95. The minimum Gasteiger partial charge on any atom is -0.495 e. The van der Waals surface area contributed by atoms with Gasteiger partial charge in [0, 0.05) is 11.1 Å². The molecule has 17 heavy (non-hydrogen) atoms. The third-order valence-corrected chi connectivity index (χ3v) is 3.14. The molecule has 1 aromatic carbocycles. The second-order valence-corrected chi connectivity index (χ2v) is 4.38. The van der Waals surface area contributed by atoms with Crippen molar-refractivity contribution < 1.29 is 14.3 Å². The van der Waals surface area contributed by atoms with Crippen LogP contribution in [0.2, 0.25) is 5.02 Å². The van der Waals surface area contributed by atoms with E-state index in [-0.39, 0.29) is 24.7 Å². The summed E-state index contributed by atoms with van der Waals surface area (Å²) in [5.41, 5.74) is 1.44. The first-order chi connectivity index (χ1) is 8.02. The number of halogens is 1. The number of hydrogen-bond donors (Lipinski definition) is 0. The second-order valence-electron chi connectivity index (χ2n) is 3.97. The van der Waals surface area contributed by atoms with Gasteiger partial charge in [-0.1, -0.05) is 11.6 Å². The zero-order chi connectivity index (χ0) is 12.6. The van der Waals surface area contributed by atoms with E-state index in [1.165, 1.54) is 12.0 Å².